The number of aromatic nitrogens is 3. The Kier molecular flexibility index (Phi) is 3.57. The van der Waals surface area contributed by atoms with Gasteiger partial charge in [-0.3, -0.25) is 4.98 Å². The molecule has 0 saturated heterocycles. The molecule has 0 amide bonds. The first kappa shape index (κ1) is 8.46. The van der Waals surface area contributed by atoms with E-state index in [0.29, 0.717) is 0 Å². The third kappa shape index (κ3) is 3.51. The summed E-state index contributed by atoms with van der Waals surface area (Å²) in [5.41, 5.74) is 1.26. The average molecular weight is 161 g/mol. The highest BCUT2D eigenvalue weighted by Gasteiger charge is 1.72. The highest BCUT2D eigenvalue weighted by molar-refractivity contribution is 5.05. The summed E-state index contributed by atoms with van der Waals surface area (Å²) in [6, 6.07) is 3.94. The zero-order chi connectivity index (χ0) is 8.65. The molecule has 3 heteroatoms. The summed E-state index contributed by atoms with van der Waals surface area (Å²) in [6.45, 7) is 2.04. The van der Waals surface area contributed by atoms with Crippen LogP contribution in [0.25, 0.3) is 0 Å². The first-order chi connectivity index (χ1) is 5.89. The van der Waals surface area contributed by atoms with Crippen LogP contribution >= 0.6 is 0 Å². The number of rotatable bonds is 0. The molecule has 0 aromatic carbocycles. The van der Waals surface area contributed by atoms with Gasteiger partial charge in [-0.15, -0.1) is 0 Å². The lowest BCUT2D eigenvalue weighted by molar-refractivity contribution is 1.29. The molecule has 1 N–H and O–H groups in total. The van der Waals surface area contributed by atoms with E-state index in [9.17, 15) is 0 Å². The summed E-state index contributed by atoms with van der Waals surface area (Å²) in [4.78, 5) is 10.3. The maximum atomic E-state index is 3.85. The molecule has 0 atom stereocenters. The van der Waals surface area contributed by atoms with Gasteiger partial charge in [0.2, 0.25) is 0 Å². The molecule has 0 aliphatic carbocycles. The van der Waals surface area contributed by atoms with Crippen LogP contribution in [0, 0.1) is 6.92 Å². The third-order valence-electron chi connectivity index (χ3n) is 1.25. The Labute approximate surface area is 71.5 Å². The lowest BCUT2D eigenvalue weighted by Crippen LogP contribution is -1.68. The van der Waals surface area contributed by atoms with Crippen molar-refractivity contribution in [3.8, 4) is 0 Å². The minimum absolute atomic E-state index is 1.26. The zero-order valence-corrected chi connectivity index (χ0v) is 6.94. The second-order valence-corrected chi connectivity index (χ2v) is 2.29. The number of nitrogens with zero attached hydrogens (tertiary/aromatic N) is 2. The molecule has 0 aliphatic rings. The molecule has 0 unspecified atom stereocenters. The molecule has 0 aliphatic heterocycles. The van der Waals surface area contributed by atoms with E-state index in [0.717, 1.165) is 0 Å². The van der Waals surface area contributed by atoms with Gasteiger partial charge in [0.25, 0.3) is 0 Å². The highest BCUT2D eigenvalue weighted by atomic mass is 14.8. The second kappa shape index (κ2) is 5.07. The van der Waals surface area contributed by atoms with Gasteiger partial charge in [0.1, 0.15) is 0 Å². The molecule has 2 heterocycles. The molecule has 2 rings (SSSR count). The lowest BCUT2D eigenvalue weighted by Gasteiger charge is -1.82. The van der Waals surface area contributed by atoms with Crippen molar-refractivity contribution in [3.63, 3.8) is 0 Å². The molecule has 12 heavy (non-hydrogen) atoms. The van der Waals surface area contributed by atoms with Gasteiger partial charge in [-0.05, 0) is 24.6 Å². The van der Waals surface area contributed by atoms with Gasteiger partial charge in [-0.25, -0.2) is 4.98 Å². The Bertz CT molecular complexity index is 259. The van der Waals surface area contributed by atoms with E-state index in [1.165, 1.54) is 5.56 Å². The summed E-state index contributed by atoms with van der Waals surface area (Å²) >= 11 is 0. The number of pyridine rings is 1. The van der Waals surface area contributed by atoms with Gasteiger partial charge in [-0.2, -0.15) is 0 Å². The fraction of sp³-hybridized carbons (Fsp3) is 0.111. The van der Waals surface area contributed by atoms with E-state index >= 15 is 0 Å². The van der Waals surface area contributed by atoms with Crippen molar-refractivity contribution in [1.29, 1.82) is 0 Å². The minimum Gasteiger partial charge on any atom is -0.351 e. The van der Waals surface area contributed by atoms with Gasteiger partial charge < -0.3 is 4.98 Å². The number of hydrogen-bond acceptors (Lipinski definition) is 2. The van der Waals surface area contributed by atoms with E-state index in [1.807, 2.05) is 19.1 Å². The fourth-order valence-corrected chi connectivity index (χ4v) is 0.642. The van der Waals surface area contributed by atoms with Crippen molar-refractivity contribution in [3.05, 3.63) is 48.8 Å². The standard InChI is InChI=1S/C6H7N.C3H4N2/c1-6-2-4-7-5-3-6;1-2-5-3-4-1/h2-5H,1H3;1-3H,(H,4,5). The quantitative estimate of drug-likeness (QED) is 0.640. The molecule has 0 fully saturated rings. The first-order valence-electron chi connectivity index (χ1n) is 3.69. The van der Waals surface area contributed by atoms with Crippen LogP contribution in [0.5, 0.6) is 0 Å². The smallest absolute Gasteiger partial charge is 0.0919 e. The molecule has 2 aromatic heterocycles. The second-order valence-electron chi connectivity index (χ2n) is 2.29. The molecule has 3 nitrogen and oxygen atoms in total. The predicted molar refractivity (Wildman–Crippen MR) is 47.6 cm³/mol. The van der Waals surface area contributed by atoms with Crippen LogP contribution in [0.3, 0.4) is 0 Å². The number of H-pyrrole nitrogens is 1. The van der Waals surface area contributed by atoms with Gasteiger partial charge in [-0.1, -0.05) is 0 Å². The van der Waals surface area contributed by atoms with Gasteiger partial charge >= 0.3 is 0 Å². The Balaban J connectivity index is 0.000000127. The van der Waals surface area contributed by atoms with Gasteiger partial charge in [0, 0.05) is 24.8 Å². The summed E-state index contributed by atoms with van der Waals surface area (Å²) in [7, 11) is 0. The minimum atomic E-state index is 1.26. The molecule has 0 spiro atoms. The lowest BCUT2D eigenvalue weighted by atomic mass is 10.3. The average Bonchev–Trinajstić information content (AvgIpc) is 2.62. The largest absolute Gasteiger partial charge is 0.351 e. The molecular formula is C9H11N3. The van der Waals surface area contributed by atoms with Gasteiger partial charge in [0.05, 0.1) is 6.33 Å². The Morgan fingerprint density at radius 3 is 2.08 bits per heavy atom. The van der Waals surface area contributed by atoms with Crippen molar-refractivity contribution in [2.75, 3.05) is 0 Å². The Hall–Kier alpha value is -1.64. The Morgan fingerprint density at radius 1 is 1.08 bits per heavy atom. The summed E-state index contributed by atoms with van der Waals surface area (Å²) < 4.78 is 0. The number of aromatic amines is 1. The summed E-state index contributed by atoms with van der Waals surface area (Å²) in [5, 5.41) is 0. The van der Waals surface area contributed by atoms with E-state index in [2.05, 4.69) is 15.0 Å². The van der Waals surface area contributed by atoms with Crippen LogP contribution in [0.1, 0.15) is 5.56 Å². The van der Waals surface area contributed by atoms with Crippen molar-refractivity contribution in [2.24, 2.45) is 0 Å². The number of imidazole rings is 1. The van der Waals surface area contributed by atoms with Crippen molar-refractivity contribution >= 4 is 0 Å². The fourth-order valence-electron chi connectivity index (χ4n) is 0.642. The summed E-state index contributed by atoms with van der Waals surface area (Å²) in [6.07, 6.45) is 8.66. The number of aryl methyl sites for hydroxylation is 1. The molecule has 0 bridgehead atoms. The third-order valence-corrected chi connectivity index (χ3v) is 1.25. The van der Waals surface area contributed by atoms with Crippen LogP contribution in [0.4, 0.5) is 0 Å². The van der Waals surface area contributed by atoms with Gasteiger partial charge in [0.15, 0.2) is 0 Å². The van der Waals surface area contributed by atoms with E-state index < -0.39 is 0 Å². The number of hydrogen-bond donors (Lipinski definition) is 1. The zero-order valence-electron chi connectivity index (χ0n) is 6.94. The maximum Gasteiger partial charge on any atom is 0.0919 e. The van der Waals surface area contributed by atoms with Crippen molar-refractivity contribution < 1.29 is 0 Å². The topological polar surface area (TPSA) is 41.6 Å². The molecule has 0 saturated carbocycles. The SMILES string of the molecule is Cc1ccncc1.c1c[nH]cn1. The van der Waals surface area contributed by atoms with Crippen molar-refractivity contribution in [1.82, 2.24) is 15.0 Å². The molecule has 62 valence electrons. The highest BCUT2D eigenvalue weighted by Crippen LogP contribution is 1.88. The van der Waals surface area contributed by atoms with E-state index in [1.54, 1.807) is 31.1 Å². The van der Waals surface area contributed by atoms with E-state index in [-0.39, 0.29) is 0 Å². The first-order valence-corrected chi connectivity index (χ1v) is 3.69. The summed E-state index contributed by atoms with van der Waals surface area (Å²) in [5.74, 6) is 0. The van der Waals surface area contributed by atoms with Crippen molar-refractivity contribution in [2.45, 2.75) is 6.92 Å². The van der Waals surface area contributed by atoms with Crippen LogP contribution < -0.4 is 0 Å². The monoisotopic (exact) mass is 161 g/mol. The van der Waals surface area contributed by atoms with E-state index in [4.69, 9.17) is 0 Å². The normalized spacial score (nSPS) is 8.42. The molecular weight excluding hydrogens is 150 g/mol. The maximum absolute atomic E-state index is 3.85. The van der Waals surface area contributed by atoms with Crippen LogP contribution in [-0.4, -0.2) is 15.0 Å². The predicted octanol–water partition coefficient (Wildman–Crippen LogP) is 1.80. The van der Waals surface area contributed by atoms with Crippen LogP contribution in [-0.2, 0) is 0 Å². The molecule has 2 aromatic rings. The Morgan fingerprint density at radius 2 is 1.83 bits per heavy atom. The van der Waals surface area contributed by atoms with Crippen LogP contribution in [0.2, 0.25) is 0 Å². The number of nitrogens with one attached hydrogen (secondary N) is 1. The molecule has 0 radical (unpaired) electrons. The van der Waals surface area contributed by atoms with Crippen LogP contribution in [0.15, 0.2) is 43.2 Å².